The molecule has 0 spiro atoms. The van der Waals surface area contributed by atoms with Crippen LogP contribution in [0.1, 0.15) is 37.3 Å². The third-order valence-corrected chi connectivity index (χ3v) is 7.40. The monoisotopic (exact) mass is 426 g/mol. The van der Waals surface area contributed by atoms with Crippen LogP contribution in [-0.4, -0.2) is 32.0 Å². The molecule has 0 aromatic heterocycles. The Morgan fingerprint density at radius 1 is 1.13 bits per heavy atom. The molecule has 30 heavy (non-hydrogen) atoms. The Bertz CT molecular complexity index is 1110. The first kappa shape index (κ1) is 20.6. The lowest BCUT2D eigenvalue weighted by Crippen LogP contribution is -2.36. The minimum absolute atomic E-state index is 0.0335. The number of amides is 2. The highest BCUT2D eigenvalue weighted by Gasteiger charge is 2.39. The molecule has 2 amide bonds. The number of carbonyl (C=O) groups is 2. The number of anilines is 2. The van der Waals surface area contributed by atoms with Crippen molar-refractivity contribution in [1.82, 2.24) is 0 Å². The van der Waals surface area contributed by atoms with E-state index in [0.717, 1.165) is 29.7 Å². The van der Waals surface area contributed by atoms with Gasteiger partial charge in [0.2, 0.25) is 11.8 Å². The molecule has 7 heteroatoms. The second-order valence-electron chi connectivity index (χ2n) is 8.31. The van der Waals surface area contributed by atoms with E-state index in [1.807, 2.05) is 36.9 Å². The lowest BCUT2D eigenvalue weighted by molar-refractivity contribution is -0.120. The van der Waals surface area contributed by atoms with E-state index < -0.39 is 9.84 Å². The quantitative estimate of drug-likeness (QED) is 0.766. The Morgan fingerprint density at radius 3 is 2.60 bits per heavy atom. The highest BCUT2D eigenvalue weighted by Crippen LogP contribution is 2.39. The van der Waals surface area contributed by atoms with Gasteiger partial charge in [-0.3, -0.25) is 9.59 Å². The van der Waals surface area contributed by atoms with Gasteiger partial charge in [-0.25, -0.2) is 8.42 Å². The van der Waals surface area contributed by atoms with Gasteiger partial charge >= 0.3 is 0 Å². The van der Waals surface area contributed by atoms with E-state index in [0.29, 0.717) is 12.1 Å². The summed E-state index contributed by atoms with van der Waals surface area (Å²) in [6.07, 6.45) is 2.41. The molecule has 1 heterocycles. The van der Waals surface area contributed by atoms with Crippen LogP contribution in [-0.2, 0) is 25.8 Å². The first-order valence-electron chi connectivity index (χ1n) is 10.3. The normalized spacial score (nSPS) is 18.2. The van der Waals surface area contributed by atoms with E-state index in [9.17, 15) is 18.0 Å². The second kappa shape index (κ2) is 7.87. The van der Waals surface area contributed by atoms with Crippen molar-refractivity contribution in [3.05, 3.63) is 53.6 Å². The Kier molecular flexibility index (Phi) is 5.40. The second-order valence-corrected chi connectivity index (χ2v) is 10.4. The van der Waals surface area contributed by atoms with E-state index in [-0.39, 0.29) is 40.8 Å². The van der Waals surface area contributed by atoms with Crippen LogP contribution in [0.25, 0.3) is 0 Å². The average Bonchev–Trinajstić information content (AvgIpc) is 3.48. The van der Waals surface area contributed by atoms with Crippen molar-refractivity contribution < 1.29 is 18.0 Å². The number of hydrogen-bond donors (Lipinski definition) is 1. The number of benzene rings is 2. The number of carbonyl (C=O) groups excluding carboxylic acids is 2. The average molecular weight is 427 g/mol. The minimum atomic E-state index is -3.60. The van der Waals surface area contributed by atoms with Crippen molar-refractivity contribution in [1.29, 1.82) is 0 Å². The molecular weight excluding hydrogens is 400 g/mol. The fourth-order valence-corrected chi connectivity index (χ4v) is 5.24. The lowest BCUT2D eigenvalue weighted by Gasteiger charge is -2.22. The molecule has 1 fully saturated rings. The number of sulfone groups is 1. The van der Waals surface area contributed by atoms with Crippen molar-refractivity contribution in [2.75, 3.05) is 16.0 Å². The van der Waals surface area contributed by atoms with Gasteiger partial charge in [0, 0.05) is 29.8 Å². The standard InChI is InChI=1S/C23H26N2O4S/c1-15-4-3-5-19(12-15)24-22(26)10-11-30(28,29)20-8-9-21-18(14-20)13-16(2)25(21)23(27)17-6-7-17/h3-5,8-9,12,14,16-17H,6-7,10-11,13H2,1-2H3,(H,24,26)/t16-/m1/s1. The molecule has 1 aliphatic heterocycles. The van der Waals surface area contributed by atoms with Crippen LogP contribution in [0.15, 0.2) is 47.4 Å². The van der Waals surface area contributed by atoms with Crippen LogP contribution >= 0.6 is 0 Å². The van der Waals surface area contributed by atoms with Crippen molar-refractivity contribution in [3.63, 3.8) is 0 Å². The Labute approximate surface area is 177 Å². The number of aryl methyl sites for hydroxylation is 1. The van der Waals surface area contributed by atoms with Gasteiger partial charge in [0.25, 0.3) is 0 Å². The zero-order valence-corrected chi connectivity index (χ0v) is 18.0. The summed E-state index contributed by atoms with van der Waals surface area (Å²) in [5.74, 6) is -0.331. The molecule has 2 aromatic carbocycles. The molecule has 2 aromatic rings. The molecule has 1 N–H and O–H groups in total. The summed E-state index contributed by atoms with van der Waals surface area (Å²) in [7, 11) is -3.60. The maximum absolute atomic E-state index is 12.8. The third kappa shape index (κ3) is 4.26. The zero-order valence-electron chi connectivity index (χ0n) is 17.2. The summed E-state index contributed by atoms with van der Waals surface area (Å²) in [5, 5.41) is 2.74. The smallest absolute Gasteiger partial charge is 0.230 e. The van der Waals surface area contributed by atoms with Gasteiger partial charge in [0.05, 0.1) is 10.6 Å². The summed E-state index contributed by atoms with van der Waals surface area (Å²) >= 11 is 0. The van der Waals surface area contributed by atoms with Gasteiger partial charge in [-0.05, 0) is 74.6 Å². The van der Waals surface area contributed by atoms with Gasteiger partial charge in [-0.1, -0.05) is 12.1 Å². The molecule has 1 atom stereocenters. The summed E-state index contributed by atoms with van der Waals surface area (Å²) in [6.45, 7) is 3.91. The fourth-order valence-electron chi connectivity index (χ4n) is 3.95. The highest BCUT2D eigenvalue weighted by atomic mass is 32.2. The predicted molar refractivity (Wildman–Crippen MR) is 116 cm³/mol. The molecule has 0 radical (unpaired) electrons. The molecule has 158 valence electrons. The first-order chi connectivity index (χ1) is 14.2. The number of nitrogens with one attached hydrogen (secondary N) is 1. The first-order valence-corrected chi connectivity index (χ1v) is 11.9. The molecule has 0 bridgehead atoms. The van der Waals surface area contributed by atoms with Gasteiger partial charge in [0.15, 0.2) is 9.84 Å². The van der Waals surface area contributed by atoms with E-state index >= 15 is 0 Å². The number of hydrogen-bond acceptors (Lipinski definition) is 4. The van der Waals surface area contributed by atoms with Crippen LogP contribution in [0.4, 0.5) is 11.4 Å². The van der Waals surface area contributed by atoms with Crippen LogP contribution in [0.3, 0.4) is 0 Å². The van der Waals surface area contributed by atoms with E-state index in [2.05, 4.69) is 5.32 Å². The predicted octanol–water partition coefficient (Wildman–Crippen LogP) is 3.49. The zero-order chi connectivity index (χ0) is 21.5. The SMILES string of the molecule is Cc1cccc(NC(=O)CCS(=O)(=O)c2ccc3c(c2)C[C@@H](C)N3C(=O)C2CC2)c1. The molecule has 4 rings (SSSR count). The van der Waals surface area contributed by atoms with Crippen molar-refractivity contribution in [2.24, 2.45) is 5.92 Å². The molecule has 0 unspecified atom stereocenters. The molecule has 1 saturated carbocycles. The van der Waals surface area contributed by atoms with Crippen molar-refractivity contribution >= 4 is 33.0 Å². The van der Waals surface area contributed by atoms with E-state index in [1.54, 1.807) is 24.3 Å². The summed E-state index contributed by atoms with van der Waals surface area (Å²) in [6, 6.07) is 12.4. The van der Waals surface area contributed by atoms with E-state index in [1.165, 1.54) is 0 Å². The Balaban J connectivity index is 1.44. The van der Waals surface area contributed by atoms with E-state index in [4.69, 9.17) is 0 Å². The topological polar surface area (TPSA) is 83.6 Å². The fraction of sp³-hybridized carbons (Fsp3) is 0.391. The van der Waals surface area contributed by atoms with Crippen LogP contribution < -0.4 is 10.2 Å². The Morgan fingerprint density at radius 2 is 1.90 bits per heavy atom. The maximum Gasteiger partial charge on any atom is 0.230 e. The molecular formula is C23H26N2O4S. The third-order valence-electron chi connectivity index (χ3n) is 5.69. The lowest BCUT2D eigenvalue weighted by atomic mass is 10.1. The highest BCUT2D eigenvalue weighted by molar-refractivity contribution is 7.91. The van der Waals surface area contributed by atoms with Crippen LogP contribution in [0.2, 0.25) is 0 Å². The molecule has 1 aliphatic carbocycles. The summed E-state index contributed by atoms with van der Waals surface area (Å²) in [4.78, 5) is 26.8. The Hall–Kier alpha value is -2.67. The summed E-state index contributed by atoms with van der Waals surface area (Å²) < 4.78 is 25.6. The molecule has 0 saturated heterocycles. The largest absolute Gasteiger partial charge is 0.326 e. The van der Waals surface area contributed by atoms with Crippen molar-refractivity contribution in [3.8, 4) is 0 Å². The van der Waals surface area contributed by atoms with Gasteiger partial charge in [0.1, 0.15) is 0 Å². The van der Waals surface area contributed by atoms with Gasteiger partial charge < -0.3 is 10.2 Å². The van der Waals surface area contributed by atoms with Gasteiger partial charge in [-0.2, -0.15) is 0 Å². The molecule has 6 nitrogen and oxygen atoms in total. The number of fused-ring (bicyclic) bond motifs is 1. The summed E-state index contributed by atoms with van der Waals surface area (Å²) in [5.41, 5.74) is 3.36. The van der Waals surface area contributed by atoms with Crippen molar-refractivity contribution in [2.45, 2.75) is 50.5 Å². The van der Waals surface area contributed by atoms with Crippen LogP contribution in [0.5, 0.6) is 0 Å². The maximum atomic E-state index is 12.8. The number of rotatable bonds is 6. The number of nitrogens with zero attached hydrogens (tertiary/aromatic N) is 1. The minimum Gasteiger partial charge on any atom is -0.326 e. The van der Waals surface area contributed by atoms with Crippen LogP contribution in [0, 0.1) is 12.8 Å². The van der Waals surface area contributed by atoms with Gasteiger partial charge in [-0.15, -0.1) is 0 Å². The molecule has 2 aliphatic rings.